The van der Waals surface area contributed by atoms with Crippen LogP contribution in [0.4, 0.5) is 0 Å². The first-order valence-electron chi connectivity index (χ1n) is 13.4. The summed E-state index contributed by atoms with van der Waals surface area (Å²) in [6.45, 7) is 9.28. The van der Waals surface area contributed by atoms with Crippen LogP contribution in [0.5, 0.6) is 0 Å². The number of hydrogen-bond acceptors (Lipinski definition) is 0. The van der Waals surface area contributed by atoms with Gasteiger partial charge in [0.2, 0.25) is 0 Å². The lowest BCUT2D eigenvalue weighted by Gasteiger charge is -2.06. The van der Waals surface area contributed by atoms with Crippen LogP contribution in [0.3, 0.4) is 0 Å². The van der Waals surface area contributed by atoms with Crippen molar-refractivity contribution in [2.24, 2.45) is 0 Å². The molecule has 0 unspecified atom stereocenters. The van der Waals surface area contributed by atoms with E-state index in [9.17, 15) is 0 Å². The smallest absolute Gasteiger partial charge is 0.234 e. The predicted octanol–water partition coefficient (Wildman–Crippen LogP) is 8.40. The van der Waals surface area contributed by atoms with Gasteiger partial charge in [0.25, 0.3) is 5.82 Å². The summed E-state index contributed by atoms with van der Waals surface area (Å²) in [5.74, 6) is 1.58. The van der Waals surface area contributed by atoms with Crippen LogP contribution in [0.25, 0.3) is 0 Å². The molecule has 0 aliphatic heterocycles. The van der Waals surface area contributed by atoms with Gasteiger partial charge in [-0.3, -0.25) is 0 Å². The lowest BCUT2D eigenvalue weighted by atomic mass is 10.0. The topological polar surface area (TPSA) is 8.81 Å². The first-order chi connectivity index (χ1) is 14.3. The van der Waals surface area contributed by atoms with Crippen LogP contribution in [0.2, 0.25) is 0 Å². The van der Waals surface area contributed by atoms with Crippen molar-refractivity contribution in [2.45, 2.75) is 156 Å². The molecule has 1 rings (SSSR count). The maximum absolute atomic E-state index is 2.55. The van der Waals surface area contributed by atoms with E-state index in [1.807, 2.05) is 0 Å². The first-order valence-corrected chi connectivity index (χ1v) is 13.4. The number of nitrogens with zero attached hydrogens (tertiary/aromatic N) is 2. The van der Waals surface area contributed by atoms with Crippen molar-refractivity contribution in [3.63, 3.8) is 0 Å². The molecule has 0 saturated heterocycles. The van der Waals surface area contributed by atoms with Crippen molar-refractivity contribution in [3.05, 3.63) is 18.2 Å². The quantitative estimate of drug-likeness (QED) is 0.143. The molecule has 0 amide bonds. The summed E-state index contributed by atoms with van der Waals surface area (Å²) in [7, 11) is 0. The largest absolute Gasteiger partial charge is 0.256 e. The molecule has 0 aromatic carbocycles. The zero-order chi connectivity index (χ0) is 21.0. The molecule has 1 heterocycles. The molecule has 0 atom stereocenters. The average molecular weight is 406 g/mol. The van der Waals surface area contributed by atoms with Gasteiger partial charge >= 0.3 is 0 Å². The number of imidazole rings is 1. The Hall–Kier alpha value is -0.790. The minimum atomic E-state index is 1.18. The molecule has 0 N–H and O–H groups in total. The van der Waals surface area contributed by atoms with Gasteiger partial charge in [-0.25, -0.2) is 9.13 Å². The van der Waals surface area contributed by atoms with Gasteiger partial charge in [-0.2, -0.15) is 0 Å². The second-order valence-electron chi connectivity index (χ2n) is 9.15. The molecule has 0 saturated carbocycles. The number of aryl methyl sites for hydroxylation is 2. The van der Waals surface area contributed by atoms with Crippen molar-refractivity contribution in [1.29, 1.82) is 0 Å². The fourth-order valence-electron chi connectivity index (χ4n) is 4.44. The Morgan fingerprint density at radius 1 is 0.586 bits per heavy atom. The molecular formula is C27H53N2+. The molecule has 0 aliphatic carbocycles. The predicted molar refractivity (Wildman–Crippen MR) is 128 cm³/mol. The summed E-state index contributed by atoms with van der Waals surface area (Å²) < 4.78 is 5.06. The van der Waals surface area contributed by atoms with Crippen LogP contribution < -0.4 is 4.57 Å². The zero-order valence-corrected chi connectivity index (χ0v) is 20.4. The van der Waals surface area contributed by atoms with E-state index in [0.717, 1.165) is 0 Å². The molecule has 0 radical (unpaired) electrons. The van der Waals surface area contributed by atoms with Gasteiger partial charge in [-0.15, -0.1) is 0 Å². The van der Waals surface area contributed by atoms with Crippen LogP contribution in [0.1, 0.15) is 142 Å². The van der Waals surface area contributed by atoms with E-state index in [2.05, 4.69) is 42.3 Å². The van der Waals surface area contributed by atoms with Crippen LogP contribution in [-0.2, 0) is 19.5 Å². The minimum Gasteiger partial charge on any atom is -0.234 e. The van der Waals surface area contributed by atoms with Gasteiger partial charge in [0.1, 0.15) is 12.4 Å². The lowest BCUT2D eigenvalue weighted by molar-refractivity contribution is -0.704. The van der Waals surface area contributed by atoms with E-state index in [1.54, 1.807) is 5.82 Å². The molecule has 2 heteroatoms. The number of rotatable bonds is 21. The average Bonchev–Trinajstić information content (AvgIpc) is 3.10. The van der Waals surface area contributed by atoms with Gasteiger partial charge in [-0.05, 0) is 25.7 Å². The fourth-order valence-corrected chi connectivity index (χ4v) is 4.44. The van der Waals surface area contributed by atoms with Gasteiger partial charge < -0.3 is 0 Å². The Morgan fingerprint density at radius 2 is 1.07 bits per heavy atom. The number of hydrogen-bond donors (Lipinski definition) is 0. The second kappa shape index (κ2) is 19.2. The Balaban J connectivity index is 2.11. The number of aromatic nitrogens is 2. The van der Waals surface area contributed by atoms with Crippen molar-refractivity contribution >= 4 is 0 Å². The monoisotopic (exact) mass is 405 g/mol. The molecular weight excluding hydrogens is 352 g/mol. The second-order valence-corrected chi connectivity index (χ2v) is 9.15. The molecule has 29 heavy (non-hydrogen) atoms. The Bertz CT molecular complexity index is 463. The SMILES string of the molecule is CCCCCCCCCCCCCCCc1n(CCC)cc[n+]1CCCCCC. The van der Waals surface area contributed by atoms with E-state index in [1.165, 1.54) is 135 Å². The van der Waals surface area contributed by atoms with Gasteiger partial charge in [0.15, 0.2) is 0 Å². The Labute approximate surface area is 183 Å². The highest BCUT2D eigenvalue weighted by atomic mass is 15.1. The first kappa shape index (κ1) is 26.2. The van der Waals surface area contributed by atoms with E-state index in [-0.39, 0.29) is 0 Å². The van der Waals surface area contributed by atoms with E-state index in [0.29, 0.717) is 0 Å². The molecule has 0 spiro atoms. The summed E-state index contributed by atoms with van der Waals surface area (Å²) in [6, 6.07) is 0. The van der Waals surface area contributed by atoms with Crippen LogP contribution in [0, 0.1) is 0 Å². The highest BCUT2D eigenvalue weighted by Gasteiger charge is 2.15. The highest BCUT2D eigenvalue weighted by molar-refractivity contribution is 4.84. The molecule has 0 fully saturated rings. The van der Waals surface area contributed by atoms with Crippen molar-refractivity contribution in [3.8, 4) is 0 Å². The van der Waals surface area contributed by atoms with E-state index >= 15 is 0 Å². The van der Waals surface area contributed by atoms with E-state index < -0.39 is 0 Å². The summed E-state index contributed by atoms with van der Waals surface area (Å²) >= 11 is 0. The summed E-state index contributed by atoms with van der Waals surface area (Å²) in [5, 5.41) is 0. The zero-order valence-electron chi connectivity index (χ0n) is 20.4. The summed E-state index contributed by atoms with van der Waals surface area (Å²) in [6.07, 6.45) is 31.3. The van der Waals surface area contributed by atoms with Gasteiger partial charge in [0.05, 0.1) is 13.1 Å². The van der Waals surface area contributed by atoms with Gasteiger partial charge in [0, 0.05) is 6.42 Å². The third-order valence-corrected chi connectivity index (χ3v) is 6.31. The highest BCUT2D eigenvalue weighted by Crippen LogP contribution is 2.13. The van der Waals surface area contributed by atoms with Gasteiger partial charge in [-0.1, -0.05) is 111 Å². The minimum absolute atomic E-state index is 1.18. The standard InChI is InChI=1S/C27H53N2/c1-4-7-9-11-12-13-14-15-16-17-18-19-20-22-27-28(23-6-3)25-26-29(27)24-21-10-8-5-2/h25-26H,4-24H2,1-3H3/q+1. The summed E-state index contributed by atoms with van der Waals surface area (Å²) in [4.78, 5) is 0. The molecule has 0 aliphatic rings. The maximum Gasteiger partial charge on any atom is 0.256 e. The van der Waals surface area contributed by atoms with Crippen molar-refractivity contribution < 1.29 is 4.57 Å². The molecule has 0 bridgehead atoms. The summed E-state index contributed by atoms with van der Waals surface area (Å²) in [5.41, 5.74) is 0. The molecule has 2 nitrogen and oxygen atoms in total. The van der Waals surface area contributed by atoms with E-state index in [4.69, 9.17) is 0 Å². The Kier molecular flexibility index (Phi) is 17.4. The lowest BCUT2D eigenvalue weighted by Crippen LogP contribution is -2.37. The maximum atomic E-state index is 2.55. The van der Waals surface area contributed by atoms with Crippen molar-refractivity contribution in [2.75, 3.05) is 0 Å². The molecule has 1 aromatic heterocycles. The third kappa shape index (κ3) is 13.2. The molecule has 170 valence electrons. The van der Waals surface area contributed by atoms with Crippen molar-refractivity contribution in [1.82, 2.24) is 4.57 Å². The fraction of sp³-hybridized carbons (Fsp3) is 0.889. The van der Waals surface area contributed by atoms with Crippen LogP contribution >= 0.6 is 0 Å². The normalized spacial score (nSPS) is 11.4. The third-order valence-electron chi connectivity index (χ3n) is 6.31. The number of unbranched alkanes of at least 4 members (excludes halogenated alkanes) is 15. The molecule has 1 aromatic rings. The van der Waals surface area contributed by atoms with Crippen LogP contribution in [-0.4, -0.2) is 4.57 Å². The van der Waals surface area contributed by atoms with Crippen LogP contribution in [0.15, 0.2) is 12.4 Å². The Morgan fingerprint density at radius 3 is 1.59 bits per heavy atom.